The Labute approximate surface area is 114 Å². The van der Waals surface area contributed by atoms with Gasteiger partial charge in [-0.2, -0.15) is 0 Å². The smallest absolute Gasteiger partial charge is 0.111 e. The molecule has 0 saturated heterocycles. The second-order valence-corrected chi connectivity index (χ2v) is 5.05. The lowest BCUT2D eigenvalue weighted by molar-refractivity contribution is 0.173. The van der Waals surface area contributed by atoms with E-state index < -0.39 is 6.10 Å². The van der Waals surface area contributed by atoms with Crippen molar-refractivity contribution in [1.82, 2.24) is 9.55 Å². The standard InChI is InChI=1S/C16H22N2O/c1-4-9-18-10-8-17-16(18)11-15(19)14-7-5-6-12(2)13(14)3/h5-8,10,15,19H,4,9,11H2,1-3H3. The molecule has 102 valence electrons. The minimum Gasteiger partial charge on any atom is -0.388 e. The molecule has 1 aromatic carbocycles. The Morgan fingerprint density at radius 3 is 2.84 bits per heavy atom. The van der Waals surface area contributed by atoms with E-state index in [9.17, 15) is 5.11 Å². The van der Waals surface area contributed by atoms with Crippen molar-refractivity contribution in [3.63, 3.8) is 0 Å². The van der Waals surface area contributed by atoms with Gasteiger partial charge in [0.2, 0.25) is 0 Å². The predicted molar refractivity (Wildman–Crippen MR) is 77.1 cm³/mol. The van der Waals surface area contributed by atoms with Crippen LogP contribution in [0.1, 0.15) is 42.0 Å². The number of hydrogen-bond acceptors (Lipinski definition) is 2. The topological polar surface area (TPSA) is 38.0 Å². The van der Waals surface area contributed by atoms with Crippen LogP contribution in [0.5, 0.6) is 0 Å². The molecule has 0 bridgehead atoms. The minimum absolute atomic E-state index is 0.488. The van der Waals surface area contributed by atoms with Gasteiger partial charge in [-0.3, -0.25) is 0 Å². The van der Waals surface area contributed by atoms with Crippen LogP contribution in [0.3, 0.4) is 0 Å². The van der Waals surface area contributed by atoms with Gasteiger partial charge < -0.3 is 9.67 Å². The van der Waals surface area contributed by atoms with Gasteiger partial charge in [0, 0.05) is 25.4 Å². The molecule has 1 heterocycles. The van der Waals surface area contributed by atoms with E-state index >= 15 is 0 Å². The van der Waals surface area contributed by atoms with E-state index in [1.165, 1.54) is 11.1 Å². The van der Waals surface area contributed by atoms with Crippen LogP contribution in [-0.4, -0.2) is 14.7 Å². The van der Waals surface area contributed by atoms with Crippen LogP contribution in [0.25, 0.3) is 0 Å². The molecule has 0 fully saturated rings. The first-order valence-electron chi connectivity index (χ1n) is 6.87. The summed E-state index contributed by atoms with van der Waals surface area (Å²) >= 11 is 0. The van der Waals surface area contributed by atoms with E-state index in [0.717, 1.165) is 24.4 Å². The third-order valence-corrected chi connectivity index (χ3v) is 3.65. The number of benzene rings is 1. The highest BCUT2D eigenvalue weighted by Gasteiger charge is 2.14. The third kappa shape index (κ3) is 3.04. The van der Waals surface area contributed by atoms with E-state index in [1.54, 1.807) is 6.20 Å². The molecule has 0 radical (unpaired) electrons. The van der Waals surface area contributed by atoms with Crippen molar-refractivity contribution in [3.05, 3.63) is 53.1 Å². The van der Waals surface area contributed by atoms with E-state index in [-0.39, 0.29) is 0 Å². The average Bonchev–Trinajstić information content (AvgIpc) is 2.80. The van der Waals surface area contributed by atoms with Crippen molar-refractivity contribution >= 4 is 0 Å². The van der Waals surface area contributed by atoms with Gasteiger partial charge in [0.1, 0.15) is 5.82 Å². The molecule has 0 aliphatic rings. The van der Waals surface area contributed by atoms with Crippen molar-refractivity contribution < 1.29 is 5.11 Å². The maximum absolute atomic E-state index is 10.4. The lowest BCUT2D eigenvalue weighted by atomic mass is 9.97. The summed E-state index contributed by atoms with van der Waals surface area (Å²) in [6.45, 7) is 7.23. The molecule has 0 saturated carbocycles. The highest BCUT2D eigenvalue weighted by molar-refractivity contribution is 5.34. The number of aryl methyl sites for hydroxylation is 2. The number of rotatable bonds is 5. The van der Waals surface area contributed by atoms with Crippen molar-refractivity contribution in [2.75, 3.05) is 0 Å². The minimum atomic E-state index is -0.488. The van der Waals surface area contributed by atoms with Crippen LogP contribution >= 0.6 is 0 Å². The molecule has 2 aromatic rings. The lowest BCUT2D eigenvalue weighted by Gasteiger charge is -2.16. The van der Waals surface area contributed by atoms with E-state index in [2.05, 4.69) is 36.4 Å². The Kier molecular flexibility index (Phi) is 4.38. The summed E-state index contributed by atoms with van der Waals surface area (Å²) < 4.78 is 2.12. The Bertz CT molecular complexity index is 545. The molecule has 3 nitrogen and oxygen atoms in total. The van der Waals surface area contributed by atoms with Gasteiger partial charge in [-0.15, -0.1) is 0 Å². The average molecular weight is 258 g/mol. The van der Waals surface area contributed by atoms with Gasteiger partial charge in [-0.05, 0) is 37.0 Å². The van der Waals surface area contributed by atoms with E-state index in [4.69, 9.17) is 0 Å². The number of aliphatic hydroxyl groups excluding tert-OH is 1. The molecular weight excluding hydrogens is 236 g/mol. The summed E-state index contributed by atoms with van der Waals surface area (Å²) in [5.74, 6) is 0.954. The fraction of sp³-hybridized carbons (Fsp3) is 0.438. The van der Waals surface area contributed by atoms with E-state index in [0.29, 0.717) is 6.42 Å². The summed E-state index contributed by atoms with van der Waals surface area (Å²) in [6, 6.07) is 6.07. The maximum Gasteiger partial charge on any atom is 0.111 e. The van der Waals surface area contributed by atoms with Crippen molar-refractivity contribution in [1.29, 1.82) is 0 Å². The number of imidazole rings is 1. The number of aliphatic hydroxyl groups is 1. The lowest BCUT2D eigenvalue weighted by Crippen LogP contribution is -2.10. The molecule has 0 aliphatic heterocycles. The van der Waals surface area contributed by atoms with Gasteiger partial charge in [-0.25, -0.2) is 4.98 Å². The largest absolute Gasteiger partial charge is 0.388 e. The van der Waals surface area contributed by atoms with Crippen molar-refractivity contribution in [3.8, 4) is 0 Å². The van der Waals surface area contributed by atoms with Gasteiger partial charge in [0.15, 0.2) is 0 Å². The van der Waals surface area contributed by atoms with Crippen LogP contribution in [-0.2, 0) is 13.0 Å². The molecule has 3 heteroatoms. The molecule has 0 aliphatic carbocycles. The maximum atomic E-state index is 10.4. The molecular formula is C16H22N2O. The molecule has 2 rings (SSSR count). The van der Waals surface area contributed by atoms with Crippen LogP contribution in [0, 0.1) is 13.8 Å². The van der Waals surface area contributed by atoms with Crippen LogP contribution in [0.15, 0.2) is 30.6 Å². The second kappa shape index (κ2) is 6.02. The summed E-state index contributed by atoms with van der Waals surface area (Å²) in [7, 11) is 0. The molecule has 0 amide bonds. The van der Waals surface area contributed by atoms with E-state index in [1.807, 2.05) is 18.3 Å². The zero-order valence-corrected chi connectivity index (χ0v) is 11.9. The molecule has 1 aromatic heterocycles. The molecule has 0 spiro atoms. The zero-order chi connectivity index (χ0) is 13.8. The number of aromatic nitrogens is 2. The first kappa shape index (κ1) is 13.8. The Morgan fingerprint density at radius 2 is 2.11 bits per heavy atom. The first-order chi connectivity index (χ1) is 9.13. The fourth-order valence-corrected chi connectivity index (χ4v) is 2.39. The molecule has 1 N–H and O–H groups in total. The van der Waals surface area contributed by atoms with Gasteiger partial charge in [0.25, 0.3) is 0 Å². The Hall–Kier alpha value is -1.61. The molecule has 19 heavy (non-hydrogen) atoms. The van der Waals surface area contributed by atoms with Crippen LogP contribution < -0.4 is 0 Å². The quantitative estimate of drug-likeness (QED) is 0.894. The van der Waals surface area contributed by atoms with Gasteiger partial charge in [-0.1, -0.05) is 25.1 Å². The SMILES string of the molecule is CCCn1ccnc1CC(O)c1cccc(C)c1C. The van der Waals surface area contributed by atoms with Gasteiger partial charge >= 0.3 is 0 Å². The third-order valence-electron chi connectivity index (χ3n) is 3.65. The van der Waals surface area contributed by atoms with Crippen molar-refractivity contribution in [2.24, 2.45) is 0 Å². The second-order valence-electron chi connectivity index (χ2n) is 5.05. The summed E-state index contributed by atoms with van der Waals surface area (Å²) in [6.07, 6.45) is 4.94. The predicted octanol–water partition coefficient (Wildman–Crippen LogP) is 3.19. The number of nitrogens with zero attached hydrogens (tertiary/aromatic N) is 2. The summed E-state index contributed by atoms with van der Waals surface area (Å²) in [4.78, 5) is 4.36. The molecule has 1 atom stereocenters. The summed E-state index contributed by atoms with van der Waals surface area (Å²) in [5, 5.41) is 10.4. The van der Waals surface area contributed by atoms with Crippen LogP contribution in [0.2, 0.25) is 0 Å². The number of hydrogen-bond donors (Lipinski definition) is 1. The highest BCUT2D eigenvalue weighted by atomic mass is 16.3. The normalized spacial score (nSPS) is 12.6. The van der Waals surface area contributed by atoms with Crippen LogP contribution in [0.4, 0.5) is 0 Å². The summed E-state index contributed by atoms with van der Waals surface area (Å²) in [5.41, 5.74) is 3.39. The first-order valence-corrected chi connectivity index (χ1v) is 6.87. The fourth-order valence-electron chi connectivity index (χ4n) is 2.39. The van der Waals surface area contributed by atoms with Crippen molar-refractivity contribution in [2.45, 2.75) is 46.3 Å². The Balaban J connectivity index is 2.18. The Morgan fingerprint density at radius 1 is 1.32 bits per heavy atom. The zero-order valence-electron chi connectivity index (χ0n) is 11.9. The highest BCUT2D eigenvalue weighted by Crippen LogP contribution is 2.23. The van der Waals surface area contributed by atoms with Gasteiger partial charge in [0.05, 0.1) is 6.10 Å². The molecule has 1 unspecified atom stereocenters. The monoisotopic (exact) mass is 258 g/mol.